The summed E-state index contributed by atoms with van der Waals surface area (Å²) >= 11 is 0. The molecular weight excluding hydrogens is 248 g/mol. The summed E-state index contributed by atoms with van der Waals surface area (Å²) in [6, 6.07) is 20.4. The number of hydrogen-bond donors (Lipinski definition) is 1. The molecule has 0 heterocycles. The van der Waals surface area contributed by atoms with Crippen molar-refractivity contribution in [3.8, 4) is 0 Å². The van der Waals surface area contributed by atoms with Crippen molar-refractivity contribution in [3.63, 3.8) is 0 Å². The smallest absolute Gasteiger partial charge is 0.0822 e. The molecule has 0 aliphatic carbocycles. The lowest BCUT2D eigenvalue weighted by atomic mass is 10.1. The Bertz CT molecular complexity index is 398. The molecule has 2 aromatic rings. The molecular formula is C18H26O2. The van der Waals surface area contributed by atoms with E-state index in [1.54, 1.807) is 0 Å². The van der Waals surface area contributed by atoms with Gasteiger partial charge in [-0.25, -0.2) is 4.89 Å². The Hall–Kier alpha value is -1.64. The highest BCUT2D eigenvalue weighted by molar-refractivity contribution is 5.14. The van der Waals surface area contributed by atoms with Crippen molar-refractivity contribution in [2.24, 2.45) is 0 Å². The molecule has 0 fully saturated rings. The lowest BCUT2D eigenvalue weighted by Gasteiger charge is -1.97. The van der Waals surface area contributed by atoms with E-state index in [0.29, 0.717) is 6.61 Å². The average Bonchev–Trinajstić information content (AvgIpc) is 2.52. The van der Waals surface area contributed by atoms with Crippen LogP contribution in [0.1, 0.15) is 31.4 Å². The van der Waals surface area contributed by atoms with Gasteiger partial charge in [-0.2, -0.15) is 0 Å². The fraction of sp³-hybridized carbons (Fsp3) is 0.333. The summed E-state index contributed by atoms with van der Waals surface area (Å²) < 4.78 is 0. The van der Waals surface area contributed by atoms with Crippen LogP contribution in [0.3, 0.4) is 0 Å². The van der Waals surface area contributed by atoms with Crippen LogP contribution in [0, 0.1) is 6.92 Å². The van der Waals surface area contributed by atoms with Gasteiger partial charge in [0.25, 0.3) is 0 Å². The molecule has 2 heteroatoms. The first-order chi connectivity index (χ1) is 9.83. The van der Waals surface area contributed by atoms with E-state index in [2.05, 4.69) is 36.1 Å². The van der Waals surface area contributed by atoms with E-state index in [4.69, 9.17) is 5.26 Å². The van der Waals surface area contributed by atoms with E-state index < -0.39 is 0 Å². The number of aryl methyl sites for hydroxylation is 2. The predicted octanol–water partition coefficient (Wildman–Crippen LogP) is 5.13. The van der Waals surface area contributed by atoms with Gasteiger partial charge in [0.1, 0.15) is 0 Å². The Morgan fingerprint density at radius 1 is 0.850 bits per heavy atom. The second kappa shape index (κ2) is 13.8. The van der Waals surface area contributed by atoms with Crippen LogP contribution < -0.4 is 0 Å². The second-order valence-electron chi connectivity index (χ2n) is 4.08. The summed E-state index contributed by atoms with van der Waals surface area (Å²) in [4.78, 5) is 3.96. The minimum atomic E-state index is 0.412. The molecule has 2 aromatic carbocycles. The molecule has 0 amide bonds. The van der Waals surface area contributed by atoms with Crippen molar-refractivity contribution in [1.29, 1.82) is 0 Å². The average molecular weight is 274 g/mol. The molecule has 0 spiro atoms. The van der Waals surface area contributed by atoms with Crippen molar-refractivity contribution in [2.75, 3.05) is 6.61 Å². The highest BCUT2D eigenvalue weighted by atomic mass is 17.1. The molecule has 110 valence electrons. The van der Waals surface area contributed by atoms with Crippen molar-refractivity contribution < 1.29 is 10.1 Å². The third-order valence-corrected chi connectivity index (χ3v) is 2.48. The number of hydrogen-bond acceptors (Lipinski definition) is 2. The normalized spacial score (nSPS) is 8.80. The topological polar surface area (TPSA) is 29.5 Å². The first-order valence-electron chi connectivity index (χ1n) is 7.15. The van der Waals surface area contributed by atoms with Gasteiger partial charge in [-0.1, -0.05) is 80.1 Å². The molecule has 1 N–H and O–H groups in total. The largest absolute Gasteiger partial charge is 0.252 e. The minimum Gasteiger partial charge on any atom is -0.252 e. The third kappa shape index (κ3) is 10.3. The Balaban J connectivity index is 0.000000345. The quantitative estimate of drug-likeness (QED) is 0.476. The van der Waals surface area contributed by atoms with Crippen LogP contribution in [-0.4, -0.2) is 11.9 Å². The molecule has 20 heavy (non-hydrogen) atoms. The van der Waals surface area contributed by atoms with Crippen LogP contribution in [0.15, 0.2) is 60.7 Å². The van der Waals surface area contributed by atoms with Crippen molar-refractivity contribution in [3.05, 3.63) is 71.8 Å². The van der Waals surface area contributed by atoms with Crippen LogP contribution in [0.4, 0.5) is 0 Å². The number of benzene rings is 2. The van der Waals surface area contributed by atoms with Gasteiger partial charge >= 0.3 is 0 Å². The van der Waals surface area contributed by atoms with Gasteiger partial charge in [0.15, 0.2) is 0 Å². The Kier molecular flexibility index (Phi) is 12.7. The molecule has 0 bridgehead atoms. The van der Waals surface area contributed by atoms with Gasteiger partial charge in [-0.05, 0) is 25.3 Å². The molecule has 0 unspecified atom stereocenters. The molecule has 0 aromatic heterocycles. The van der Waals surface area contributed by atoms with Gasteiger partial charge in [0.2, 0.25) is 0 Å². The molecule has 2 rings (SSSR count). The Morgan fingerprint density at radius 2 is 1.35 bits per heavy atom. The highest BCUT2D eigenvalue weighted by Crippen LogP contribution is 2.01. The molecule has 0 saturated carbocycles. The van der Waals surface area contributed by atoms with E-state index in [9.17, 15) is 0 Å². The van der Waals surface area contributed by atoms with Crippen LogP contribution >= 0.6 is 0 Å². The summed E-state index contributed by atoms with van der Waals surface area (Å²) in [5, 5.41) is 8.04. The maximum absolute atomic E-state index is 8.04. The molecule has 2 nitrogen and oxygen atoms in total. The van der Waals surface area contributed by atoms with E-state index in [0.717, 1.165) is 12.8 Å². The van der Waals surface area contributed by atoms with E-state index >= 15 is 0 Å². The van der Waals surface area contributed by atoms with Crippen molar-refractivity contribution in [2.45, 2.75) is 33.6 Å². The summed E-state index contributed by atoms with van der Waals surface area (Å²) in [6.45, 7) is 6.49. The monoisotopic (exact) mass is 274 g/mol. The van der Waals surface area contributed by atoms with Crippen LogP contribution in [0.25, 0.3) is 0 Å². The van der Waals surface area contributed by atoms with Crippen molar-refractivity contribution in [1.82, 2.24) is 0 Å². The fourth-order valence-corrected chi connectivity index (χ4v) is 1.52. The van der Waals surface area contributed by atoms with Crippen LogP contribution in [0.5, 0.6) is 0 Å². The van der Waals surface area contributed by atoms with Gasteiger partial charge in [-0.3, -0.25) is 5.26 Å². The van der Waals surface area contributed by atoms with Crippen LogP contribution in [0.2, 0.25) is 0 Å². The highest BCUT2D eigenvalue weighted by Gasteiger charge is 1.90. The summed E-state index contributed by atoms with van der Waals surface area (Å²) in [6.07, 6.45) is 1.82. The Morgan fingerprint density at radius 3 is 1.75 bits per heavy atom. The number of rotatable bonds is 4. The van der Waals surface area contributed by atoms with Crippen molar-refractivity contribution >= 4 is 0 Å². The van der Waals surface area contributed by atoms with Gasteiger partial charge in [0.05, 0.1) is 6.61 Å². The fourth-order valence-electron chi connectivity index (χ4n) is 1.52. The van der Waals surface area contributed by atoms with Gasteiger partial charge < -0.3 is 0 Å². The SMILES string of the molecule is CC.Cc1ccccc1.OOCCCc1ccccc1. The maximum atomic E-state index is 8.04. The second-order valence-corrected chi connectivity index (χ2v) is 4.08. The Labute approximate surface area is 123 Å². The zero-order valence-corrected chi connectivity index (χ0v) is 12.8. The maximum Gasteiger partial charge on any atom is 0.0822 e. The lowest BCUT2D eigenvalue weighted by molar-refractivity contribution is -0.242. The van der Waals surface area contributed by atoms with Gasteiger partial charge in [-0.15, -0.1) is 0 Å². The molecule has 0 radical (unpaired) electrons. The van der Waals surface area contributed by atoms with E-state index in [1.807, 2.05) is 50.2 Å². The standard InChI is InChI=1S/C9H12O2.C7H8.C2H6/c10-11-8-4-7-9-5-2-1-3-6-9;1-7-5-3-2-4-6-7;1-2/h1-3,5-6,10H,4,7-8H2;2-6H,1H3;1-2H3. The zero-order chi connectivity index (χ0) is 15.1. The minimum absolute atomic E-state index is 0.412. The van der Waals surface area contributed by atoms with E-state index in [-0.39, 0.29) is 0 Å². The summed E-state index contributed by atoms with van der Waals surface area (Å²) in [7, 11) is 0. The lowest BCUT2D eigenvalue weighted by Crippen LogP contribution is -1.92. The van der Waals surface area contributed by atoms with Gasteiger partial charge in [0, 0.05) is 0 Å². The molecule has 0 aliphatic heterocycles. The summed E-state index contributed by atoms with van der Waals surface area (Å²) in [5.74, 6) is 0. The first-order valence-corrected chi connectivity index (χ1v) is 7.15. The van der Waals surface area contributed by atoms with Crippen LogP contribution in [-0.2, 0) is 11.3 Å². The predicted molar refractivity (Wildman–Crippen MR) is 85.9 cm³/mol. The first kappa shape index (κ1) is 18.4. The zero-order valence-electron chi connectivity index (χ0n) is 12.8. The third-order valence-electron chi connectivity index (χ3n) is 2.48. The molecule has 0 aliphatic rings. The molecule has 0 atom stereocenters. The molecule has 0 saturated heterocycles. The summed E-state index contributed by atoms with van der Waals surface area (Å²) in [5.41, 5.74) is 2.60. The van der Waals surface area contributed by atoms with E-state index in [1.165, 1.54) is 11.1 Å².